The smallest absolute Gasteiger partial charge is 0.211 e. The van der Waals surface area contributed by atoms with Gasteiger partial charge in [-0.1, -0.05) is 28.1 Å². The topological polar surface area (TPSA) is 29.4 Å². The zero-order valence-corrected chi connectivity index (χ0v) is 9.18. The van der Waals surface area contributed by atoms with Crippen LogP contribution in [0.4, 0.5) is 0 Å². The molecule has 1 rings (SSSR count). The summed E-state index contributed by atoms with van der Waals surface area (Å²) in [6, 6.07) is 4.02. The van der Waals surface area contributed by atoms with Crippen LogP contribution in [0.3, 0.4) is 0 Å². The lowest BCUT2D eigenvalue weighted by Gasteiger charge is -2.04. The molecule has 0 saturated heterocycles. The molecule has 68 valence electrons. The molecule has 1 aromatic rings. The molecule has 0 saturated carbocycles. The van der Waals surface area contributed by atoms with E-state index in [9.17, 15) is 4.79 Å². The molecule has 0 spiro atoms. The zero-order chi connectivity index (χ0) is 9.84. The lowest BCUT2D eigenvalue weighted by molar-refractivity contribution is 0.563. The van der Waals surface area contributed by atoms with Crippen molar-refractivity contribution in [2.24, 2.45) is 4.99 Å². The molecule has 0 aliphatic carbocycles. The van der Waals surface area contributed by atoms with Gasteiger partial charge in [0.05, 0.1) is 6.54 Å². The number of halogens is 1. The van der Waals surface area contributed by atoms with Crippen LogP contribution in [0.1, 0.15) is 16.7 Å². The van der Waals surface area contributed by atoms with Gasteiger partial charge in [0.25, 0.3) is 0 Å². The maximum absolute atomic E-state index is 9.91. The van der Waals surface area contributed by atoms with E-state index in [1.165, 1.54) is 6.08 Å². The minimum Gasteiger partial charge on any atom is -0.211 e. The van der Waals surface area contributed by atoms with Gasteiger partial charge >= 0.3 is 0 Å². The lowest BCUT2D eigenvalue weighted by Crippen LogP contribution is -1.88. The molecule has 0 aromatic heterocycles. The summed E-state index contributed by atoms with van der Waals surface area (Å²) in [5, 5.41) is 0. The minimum atomic E-state index is 0.415. The van der Waals surface area contributed by atoms with Crippen molar-refractivity contribution in [2.75, 3.05) is 0 Å². The Balaban J connectivity index is 3.05. The Labute approximate surface area is 85.8 Å². The largest absolute Gasteiger partial charge is 0.235 e. The Morgan fingerprint density at radius 1 is 1.38 bits per heavy atom. The molecule has 0 bridgehead atoms. The highest BCUT2D eigenvalue weighted by Gasteiger charge is 2.01. The third kappa shape index (κ3) is 2.51. The second-order valence-electron chi connectivity index (χ2n) is 2.95. The fourth-order valence-corrected chi connectivity index (χ4v) is 1.48. The predicted octanol–water partition coefficient (Wildman–Crippen LogP) is 2.90. The summed E-state index contributed by atoms with van der Waals surface area (Å²) in [6.45, 7) is 4.45. The second-order valence-corrected chi connectivity index (χ2v) is 3.74. The van der Waals surface area contributed by atoms with Gasteiger partial charge in [-0.05, 0) is 30.5 Å². The van der Waals surface area contributed by atoms with Gasteiger partial charge in [-0.15, -0.1) is 0 Å². The normalized spacial score (nSPS) is 9.46. The van der Waals surface area contributed by atoms with Crippen LogP contribution in [0, 0.1) is 13.8 Å². The summed E-state index contributed by atoms with van der Waals surface area (Å²) >= 11 is 3.47. The van der Waals surface area contributed by atoms with E-state index in [1.807, 2.05) is 26.0 Å². The first-order valence-corrected chi connectivity index (χ1v) is 4.73. The van der Waals surface area contributed by atoms with Crippen LogP contribution in [-0.4, -0.2) is 6.08 Å². The van der Waals surface area contributed by atoms with Crippen LogP contribution in [0.2, 0.25) is 0 Å². The van der Waals surface area contributed by atoms with Gasteiger partial charge in [0.1, 0.15) is 0 Å². The number of aliphatic imine (C=N–C) groups is 1. The SMILES string of the molecule is Cc1cc(CN=C=O)cc(C)c1Br. The van der Waals surface area contributed by atoms with E-state index in [2.05, 4.69) is 20.9 Å². The van der Waals surface area contributed by atoms with Gasteiger partial charge in [0.2, 0.25) is 6.08 Å². The summed E-state index contributed by atoms with van der Waals surface area (Å²) in [5.74, 6) is 0. The number of carbonyl (C=O) groups excluding carboxylic acids is 1. The minimum absolute atomic E-state index is 0.415. The fourth-order valence-electron chi connectivity index (χ4n) is 1.25. The molecule has 0 atom stereocenters. The molecule has 0 heterocycles. The average Bonchev–Trinajstić information content (AvgIpc) is 2.10. The zero-order valence-electron chi connectivity index (χ0n) is 7.60. The molecule has 0 amide bonds. The van der Waals surface area contributed by atoms with Gasteiger partial charge in [-0.25, -0.2) is 9.79 Å². The van der Waals surface area contributed by atoms with Gasteiger partial charge in [0, 0.05) is 4.47 Å². The summed E-state index contributed by atoms with van der Waals surface area (Å²) in [7, 11) is 0. The maximum atomic E-state index is 9.91. The monoisotopic (exact) mass is 239 g/mol. The van der Waals surface area contributed by atoms with Gasteiger partial charge < -0.3 is 0 Å². The average molecular weight is 240 g/mol. The molecule has 0 unspecified atom stereocenters. The molecular weight excluding hydrogens is 230 g/mol. The van der Waals surface area contributed by atoms with E-state index in [4.69, 9.17) is 0 Å². The van der Waals surface area contributed by atoms with Crippen molar-refractivity contribution < 1.29 is 4.79 Å². The summed E-state index contributed by atoms with van der Waals surface area (Å²) < 4.78 is 1.12. The first kappa shape index (κ1) is 10.2. The highest BCUT2D eigenvalue weighted by atomic mass is 79.9. The highest BCUT2D eigenvalue weighted by Crippen LogP contribution is 2.22. The molecule has 3 heteroatoms. The summed E-state index contributed by atoms with van der Waals surface area (Å²) in [5.41, 5.74) is 3.37. The van der Waals surface area contributed by atoms with Crippen molar-refractivity contribution in [3.05, 3.63) is 33.3 Å². The Morgan fingerprint density at radius 3 is 2.38 bits per heavy atom. The van der Waals surface area contributed by atoms with Crippen LogP contribution < -0.4 is 0 Å². The third-order valence-electron chi connectivity index (χ3n) is 1.82. The van der Waals surface area contributed by atoms with Crippen molar-refractivity contribution >= 4 is 22.0 Å². The molecule has 0 radical (unpaired) electrons. The standard InChI is InChI=1S/C10H10BrNO/c1-7-3-9(5-12-6-13)4-8(2)10(7)11/h3-4H,5H2,1-2H3. The molecule has 1 aromatic carbocycles. The Hall–Kier alpha value is -0.920. The van der Waals surface area contributed by atoms with Crippen molar-refractivity contribution in [1.29, 1.82) is 0 Å². The van der Waals surface area contributed by atoms with Crippen LogP contribution in [0.5, 0.6) is 0 Å². The number of aryl methyl sites for hydroxylation is 2. The van der Waals surface area contributed by atoms with E-state index in [0.29, 0.717) is 6.54 Å². The van der Waals surface area contributed by atoms with Gasteiger partial charge in [-0.2, -0.15) is 0 Å². The Bertz CT molecular complexity index is 344. The molecule has 2 nitrogen and oxygen atoms in total. The van der Waals surface area contributed by atoms with Crippen LogP contribution >= 0.6 is 15.9 Å². The predicted molar refractivity (Wildman–Crippen MR) is 55.4 cm³/mol. The molecular formula is C10H10BrNO. The van der Waals surface area contributed by atoms with Crippen LogP contribution in [-0.2, 0) is 11.3 Å². The quantitative estimate of drug-likeness (QED) is 0.577. The van der Waals surface area contributed by atoms with E-state index < -0.39 is 0 Å². The van der Waals surface area contributed by atoms with Gasteiger partial charge in [0.15, 0.2) is 0 Å². The molecule has 0 aliphatic heterocycles. The van der Waals surface area contributed by atoms with E-state index >= 15 is 0 Å². The Morgan fingerprint density at radius 2 is 1.92 bits per heavy atom. The molecule has 0 fully saturated rings. The summed E-state index contributed by atoms with van der Waals surface area (Å²) in [6.07, 6.45) is 1.53. The molecule has 0 N–H and O–H groups in total. The Kier molecular flexibility index (Phi) is 3.40. The number of nitrogens with zero attached hydrogens (tertiary/aromatic N) is 1. The van der Waals surface area contributed by atoms with Crippen molar-refractivity contribution in [3.63, 3.8) is 0 Å². The number of isocyanates is 1. The van der Waals surface area contributed by atoms with E-state index in [0.717, 1.165) is 21.2 Å². The molecule has 0 aliphatic rings. The van der Waals surface area contributed by atoms with Crippen molar-refractivity contribution in [2.45, 2.75) is 20.4 Å². The highest BCUT2D eigenvalue weighted by molar-refractivity contribution is 9.10. The number of benzene rings is 1. The number of hydrogen-bond donors (Lipinski definition) is 0. The van der Waals surface area contributed by atoms with Crippen molar-refractivity contribution in [1.82, 2.24) is 0 Å². The second kappa shape index (κ2) is 4.35. The van der Waals surface area contributed by atoms with Gasteiger partial charge in [-0.3, -0.25) is 0 Å². The van der Waals surface area contributed by atoms with Crippen LogP contribution in [0.15, 0.2) is 21.6 Å². The first-order valence-electron chi connectivity index (χ1n) is 3.94. The van der Waals surface area contributed by atoms with E-state index in [-0.39, 0.29) is 0 Å². The number of rotatable bonds is 2. The fraction of sp³-hybridized carbons (Fsp3) is 0.300. The maximum Gasteiger partial charge on any atom is 0.235 e. The van der Waals surface area contributed by atoms with Crippen molar-refractivity contribution in [3.8, 4) is 0 Å². The third-order valence-corrected chi connectivity index (χ3v) is 3.07. The van der Waals surface area contributed by atoms with E-state index in [1.54, 1.807) is 0 Å². The molecule has 13 heavy (non-hydrogen) atoms. The van der Waals surface area contributed by atoms with Crippen LogP contribution in [0.25, 0.3) is 0 Å². The number of hydrogen-bond acceptors (Lipinski definition) is 2. The lowest BCUT2D eigenvalue weighted by atomic mass is 10.1. The summed E-state index contributed by atoms with van der Waals surface area (Å²) in [4.78, 5) is 13.4. The first-order chi connectivity index (χ1) is 6.15.